The van der Waals surface area contributed by atoms with E-state index >= 15 is 0 Å². The van der Waals surface area contributed by atoms with Gasteiger partial charge in [-0.2, -0.15) is 0 Å². The van der Waals surface area contributed by atoms with Gasteiger partial charge in [-0.15, -0.1) is 11.3 Å². The van der Waals surface area contributed by atoms with Gasteiger partial charge in [-0.1, -0.05) is 24.3 Å². The lowest BCUT2D eigenvalue weighted by atomic mass is 10.1. The maximum absolute atomic E-state index is 5.85. The molecule has 0 radical (unpaired) electrons. The molecule has 3 nitrogen and oxygen atoms in total. The van der Waals surface area contributed by atoms with Crippen LogP contribution in [0.5, 0.6) is 5.75 Å². The molecule has 1 aromatic heterocycles. The van der Waals surface area contributed by atoms with Crippen molar-refractivity contribution < 1.29 is 4.74 Å². The zero-order chi connectivity index (χ0) is 12.8. The van der Waals surface area contributed by atoms with E-state index in [1.807, 2.05) is 18.2 Å². The van der Waals surface area contributed by atoms with E-state index < -0.39 is 0 Å². The Morgan fingerprint density at radius 2 is 2.11 bits per heavy atom. The molecule has 2 rings (SSSR count). The summed E-state index contributed by atoms with van der Waals surface area (Å²) < 4.78 is 5.37. The Morgan fingerprint density at radius 1 is 1.28 bits per heavy atom. The third-order valence-corrected chi connectivity index (χ3v) is 3.73. The lowest BCUT2D eigenvalue weighted by molar-refractivity contribution is 0.399. The number of ether oxygens (including phenoxy) is 1. The first-order chi connectivity index (χ1) is 8.85. The van der Waals surface area contributed by atoms with Crippen LogP contribution in [0.3, 0.4) is 0 Å². The van der Waals surface area contributed by atoms with E-state index in [0.29, 0.717) is 6.54 Å². The quantitative estimate of drug-likeness (QED) is 0.841. The largest absolute Gasteiger partial charge is 0.496 e. The fourth-order valence-electron chi connectivity index (χ4n) is 1.91. The first kappa shape index (κ1) is 13.1. The van der Waals surface area contributed by atoms with Crippen LogP contribution in [-0.4, -0.2) is 13.7 Å². The van der Waals surface area contributed by atoms with Gasteiger partial charge >= 0.3 is 0 Å². The molecule has 0 aliphatic rings. The Bertz CT molecular complexity index is 470. The van der Waals surface area contributed by atoms with Crippen molar-refractivity contribution in [1.82, 2.24) is 5.32 Å². The number of benzene rings is 1. The maximum atomic E-state index is 5.85. The fraction of sp³-hybridized carbons (Fsp3) is 0.286. The minimum Gasteiger partial charge on any atom is -0.496 e. The van der Waals surface area contributed by atoms with Crippen LogP contribution in [0.2, 0.25) is 0 Å². The van der Waals surface area contributed by atoms with E-state index in [4.69, 9.17) is 10.5 Å². The summed E-state index contributed by atoms with van der Waals surface area (Å²) in [7, 11) is 1.69. The van der Waals surface area contributed by atoms with E-state index in [1.165, 1.54) is 4.88 Å². The average molecular weight is 262 g/mol. The Hall–Kier alpha value is -1.36. The topological polar surface area (TPSA) is 47.3 Å². The van der Waals surface area contributed by atoms with Crippen LogP contribution in [0.15, 0.2) is 41.8 Å². The van der Waals surface area contributed by atoms with Crippen molar-refractivity contribution >= 4 is 11.3 Å². The van der Waals surface area contributed by atoms with E-state index in [2.05, 4.69) is 28.9 Å². The molecule has 0 aliphatic carbocycles. The van der Waals surface area contributed by atoms with Gasteiger partial charge in [0.05, 0.1) is 7.11 Å². The first-order valence-corrected chi connectivity index (χ1v) is 6.82. The molecule has 0 saturated heterocycles. The summed E-state index contributed by atoms with van der Waals surface area (Å²) in [4.78, 5) is 1.31. The zero-order valence-electron chi connectivity index (χ0n) is 10.4. The second-order valence-electron chi connectivity index (χ2n) is 3.99. The van der Waals surface area contributed by atoms with Gasteiger partial charge in [0.2, 0.25) is 0 Å². The number of para-hydroxylation sites is 1. The SMILES string of the molecule is COc1ccccc1C(CN)NCc1cccs1. The fourth-order valence-corrected chi connectivity index (χ4v) is 2.57. The van der Waals surface area contributed by atoms with Crippen LogP contribution >= 0.6 is 11.3 Å². The monoisotopic (exact) mass is 262 g/mol. The molecule has 4 heteroatoms. The first-order valence-electron chi connectivity index (χ1n) is 5.94. The van der Waals surface area contributed by atoms with E-state index in [-0.39, 0.29) is 6.04 Å². The van der Waals surface area contributed by atoms with Crippen molar-refractivity contribution in [2.45, 2.75) is 12.6 Å². The number of nitrogens with one attached hydrogen (secondary N) is 1. The van der Waals surface area contributed by atoms with Crippen molar-refractivity contribution in [3.63, 3.8) is 0 Å². The van der Waals surface area contributed by atoms with Crippen molar-refractivity contribution in [2.75, 3.05) is 13.7 Å². The molecule has 0 amide bonds. The Kier molecular flexibility index (Phi) is 4.75. The van der Waals surface area contributed by atoms with Gasteiger partial charge in [0.15, 0.2) is 0 Å². The Morgan fingerprint density at radius 3 is 2.78 bits per heavy atom. The molecule has 0 spiro atoms. The van der Waals surface area contributed by atoms with Crippen molar-refractivity contribution in [3.8, 4) is 5.75 Å². The molecule has 0 aliphatic heterocycles. The molecule has 0 saturated carbocycles. The molecule has 18 heavy (non-hydrogen) atoms. The Balaban J connectivity index is 2.08. The minimum atomic E-state index is 0.114. The second-order valence-corrected chi connectivity index (χ2v) is 5.02. The highest BCUT2D eigenvalue weighted by Gasteiger charge is 2.13. The third kappa shape index (κ3) is 3.10. The van der Waals surface area contributed by atoms with Gasteiger partial charge in [0.25, 0.3) is 0 Å². The van der Waals surface area contributed by atoms with Crippen molar-refractivity contribution in [2.24, 2.45) is 5.73 Å². The average Bonchev–Trinajstić information content (AvgIpc) is 2.93. The number of hydrogen-bond acceptors (Lipinski definition) is 4. The zero-order valence-corrected chi connectivity index (χ0v) is 11.2. The van der Waals surface area contributed by atoms with Gasteiger partial charge in [-0.25, -0.2) is 0 Å². The number of thiophene rings is 1. The maximum Gasteiger partial charge on any atom is 0.123 e. The predicted octanol–water partition coefficient (Wildman–Crippen LogP) is 2.55. The highest BCUT2D eigenvalue weighted by molar-refractivity contribution is 7.09. The van der Waals surface area contributed by atoms with E-state index in [9.17, 15) is 0 Å². The van der Waals surface area contributed by atoms with Crippen LogP contribution in [0, 0.1) is 0 Å². The summed E-state index contributed by atoms with van der Waals surface area (Å²) in [6.07, 6.45) is 0. The summed E-state index contributed by atoms with van der Waals surface area (Å²) in [5.74, 6) is 0.881. The van der Waals surface area contributed by atoms with Crippen LogP contribution in [0.25, 0.3) is 0 Å². The number of hydrogen-bond donors (Lipinski definition) is 2. The molecule has 0 fully saturated rings. The minimum absolute atomic E-state index is 0.114. The second kappa shape index (κ2) is 6.54. The summed E-state index contributed by atoms with van der Waals surface area (Å²) in [6.45, 7) is 1.38. The smallest absolute Gasteiger partial charge is 0.123 e. The van der Waals surface area contributed by atoms with Crippen LogP contribution in [0.4, 0.5) is 0 Å². The van der Waals surface area contributed by atoms with Gasteiger partial charge in [0.1, 0.15) is 5.75 Å². The van der Waals surface area contributed by atoms with Crippen molar-refractivity contribution in [3.05, 3.63) is 52.2 Å². The molecule has 3 N–H and O–H groups in total. The van der Waals surface area contributed by atoms with Gasteiger partial charge < -0.3 is 15.8 Å². The summed E-state index contributed by atoms with van der Waals surface area (Å²) in [6, 6.07) is 12.3. The van der Waals surface area contributed by atoms with E-state index in [0.717, 1.165) is 17.9 Å². The molecule has 1 atom stereocenters. The number of methoxy groups -OCH3 is 1. The molecule has 0 bridgehead atoms. The Labute approximate surface area is 112 Å². The molecular weight excluding hydrogens is 244 g/mol. The summed E-state index contributed by atoms with van der Waals surface area (Å²) in [5.41, 5.74) is 6.96. The standard InChI is InChI=1S/C14H18N2OS/c1-17-14-7-3-2-6-12(14)13(9-15)16-10-11-5-4-8-18-11/h2-8,13,16H,9-10,15H2,1H3. The third-order valence-electron chi connectivity index (χ3n) is 2.85. The molecule has 2 aromatic rings. The summed E-state index contributed by atoms with van der Waals surface area (Å²) >= 11 is 1.75. The molecule has 1 aromatic carbocycles. The summed E-state index contributed by atoms with van der Waals surface area (Å²) in [5, 5.41) is 5.55. The highest BCUT2D eigenvalue weighted by atomic mass is 32.1. The molecule has 96 valence electrons. The molecule has 1 heterocycles. The van der Waals surface area contributed by atoms with Gasteiger partial charge in [-0.05, 0) is 17.5 Å². The van der Waals surface area contributed by atoms with Crippen LogP contribution < -0.4 is 15.8 Å². The molecular formula is C14H18N2OS. The number of rotatable bonds is 6. The van der Waals surface area contributed by atoms with Gasteiger partial charge in [0, 0.05) is 29.6 Å². The van der Waals surface area contributed by atoms with E-state index in [1.54, 1.807) is 18.4 Å². The van der Waals surface area contributed by atoms with Crippen molar-refractivity contribution in [1.29, 1.82) is 0 Å². The molecule has 1 unspecified atom stereocenters. The normalized spacial score (nSPS) is 12.3. The highest BCUT2D eigenvalue weighted by Crippen LogP contribution is 2.24. The number of nitrogens with two attached hydrogens (primary N) is 1. The lowest BCUT2D eigenvalue weighted by Crippen LogP contribution is -2.27. The van der Waals surface area contributed by atoms with Gasteiger partial charge in [-0.3, -0.25) is 0 Å². The van der Waals surface area contributed by atoms with Crippen LogP contribution in [0.1, 0.15) is 16.5 Å². The van der Waals surface area contributed by atoms with Crippen LogP contribution in [-0.2, 0) is 6.54 Å². The predicted molar refractivity (Wildman–Crippen MR) is 75.9 cm³/mol. The lowest BCUT2D eigenvalue weighted by Gasteiger charge is -2.19.